The van der Waals surface area contributed by atoms with Gasteiger partial charge in [0, 0.05) is 17.3 Å². The lowest BCUT2D eigenvalue weighted by Crippen LogP contribution is -2.08. The Balaban J connectivity index is 2.05. The van der Waals surface area contributed by atoms with E-state index in [0.717, 1.165) is 5.56 Å². The predicted molar refractivity (Wildman–Crippen MR) is 91.1 cm³/mol. The molecule has 1 amide bonds. The van der Waals surface area contributed by atoms with E-state index in [1.54, 1.807) is 37.5 Å². The standard InChI is InChI=1S/C17H17ClN2O3/c1-3-23-14-6-4-12(10-15(14)22-2)5-7-17(21)20-16-11-13(18)8-9-19-16/h4-11H,3H2,1-2H3,(H,19,20,21)/b7-5+. The lowest BCUT2D eigenvalue weighted by Gasteiger charge is -2.09. The largest absolute Gasteiger partial charge is 0.493 e. The van der Waals surface area contributed by atoms with Crippen molar-refractivity contribution in [1.82, 2.24) is 4.98 Å². The van der Waals surface area contributed by atoms with Crippen LogP contribution in [0.3, 0.4) is 0 Å². The lowest BCUT2D eigenvalue weighted by atomic mass is 10.2. The number of carbonyl (C=O) groups is 1. The SMILES string of the molecule is CCOc1ccc(/C=C/C(=O)Nc2cc(Cl)ccn2)cc1OC. The Bertz CT molecular complexity index is 717. The summed E-state index contributed by atoms with van der Waals surface area (Å²) in [6, 6.07) is 8.66. The Morgan fingerprint density at radius 2 is 2.13 bits per heavy atom. The molecule has 0 fully saturated rings. The van der Waals surface area contributed by atoms with Gasteiger partial charge in [0.1, 0.15) is 5.82 Å². The summed E-state index contributed by atoms with van der Waals surface area (Å²) in [5, 5.41) is 3.15. The van der Waals surface area contributed by atoms with Crippen molar-refractivity contribution in [3.8, 4) is 11.5 Å². The highest BCUT2D eigenvalue weighted by molar-refractivity contribution is 6.30. The third-order valence-corrected chi connectivity index (χ3v) is 3.12. The molecule has 0 spiro atoms. The summed E-state index contributed by atoms with van der Waals surface area (Å²) in [6.45, 7) is 2.46. The molecule has 0 unspecified atom stereocenters. The highest BCUT2D eigenvalue weighted by Gasteiger charge is 2.04. The minimum atomic E-state index is -0.299. The summed E-state index contributed by atoms with van der Waals surface area (Å²) in [5.74, 6) is 1.38. The van der Waals surface area contributed by atoms with Gasteiger partial charge in [-0.05, 0) is 42.8 Å². The van der Waals surface area contributed by atoms with Gasteiger partial charge < -0.3 is 14.8 Å². The molecule has 1 heterocycles. The number of amides is 1. The fraction of sp³-hybridized carbons (Fsp3) is 0.176. The molecule has 0 atom stereocenters. The van der Waals surface area contributed by atoms with Crippen LogP contribution < -0.4 is 14.8 Å². The molecular formula is C17H17ClN2O3. The summed E-state index contributed by atoms with van der Waals surface area (Å²) >= 11 is 5.84. The van der Waals surface area contributed by atoms with Crippen molar-refractivity contribution in [3.05, 3.63) is 53.2 Å². The van der Waals surface area contributed by atoms with E-state index in [2.05, 4.69) is 10.3 Å². The summed E-state index contributed by atoms with van der Waals surface area (Å²) in [4.78, 5) is 15.9. The third-order valence-electron chi connectivity index (χ3n) is 2.89. The molecule has 2 rings (SSSR count). The van der Waals surface area contributed by atoms with Crippen molar-refractivity contribution in [1.29, 1.82) is 0 Å². The van der Waals surface area contributed by atoms with Crippen LogP contribution in [0.15, 0.2) is 42.6 Å². The van der Waals surface area contributed by atoms with Crippen LogP contribution in [-0.2, 0) is 4.79 Å². The van der Waals surface area contributed by atoms with Crippen LogP contribution in [0.2, 0.25) is 5.02 Å². The van der Waals surface area contributed by atoms with E-state index in [0.29, 0.717) is 28.9 Å². The van der Waals surface area contributed by atoms with Crippen LogP contribution >= 0.6 is 11.6 Å². The fourth-order valence-corrected chi connectivity index (χ4v) is 2.04. The molecule has 6 heteroatoms. The molecule has 23 heavy (non-hydrogen) atoms. The molecule has 0 aliphatic rings. The van der Waals surface area contributed by atoms with Crippen LogP contribution in [0.25, 0.3) is 6.08 Å². The molecular weight excluding hydrogens is 316 g/mol. The molecule has 0 aliphatic carbocycles. The Kier molecular flexibility index (Phi) is 6.00. The Morgan fingerprint density at radius 1 is 1.30 bits per heavy atom. The van der Waals surface area contributed by atoms with E-state index >= 15 is 0 Å². The molecule has 0 bridgehead atoms. The van der Waals surface area contributed by atoms with Crippen molar-refractivity contribution in [3.63, 3.8) is 0 Å². The van der Waals surface area contributed by atoms with E-state index in [1.807, 2.05) is 13.0 Å². The summed E-state index contributed by atoms with van der Waals surface area (Å²) < 4.78 is 10.7. The molecule has 120 valence electrons. The monoisotopic (exact) mass is 332 g/mol. The maximum Gasteiger partial charge on any atom is 0.249 e. The van der Waals surface area contributed by atoms with E-state index < -0.39 is 0 Å². The molecule has 0 aliphatic heterocycles. The van der Waals surface area contributed by atoms with E-state index in [4.69, 9.17) is 21.1 Å². The first-order chi connectivity index (χ1) is 11.1. The second-order valence-corrected chi connectivity index (χ2v) is 4.96. The van der Waals surface area contributed by atoms with Crippen LogP contribution in [0.5, 0.6) is 11.5 Å². The van der Waals surface area contributed by atoms with Gasteiger partial charge in [-0.25, -0.2) is 4.98 Å². The summed E-state index contributed by atoms with van der Waals surface area (Å²) in [6.07, 6.45) is 4.62. The van der Waals surface area contributed by atoms with Gasteiger partial charge in [-0.15, -0.1) is 0 Å². The third kappa shape index (κ3) is 5.00. The number of rotatable bonds is 6. The summed E-state index contributed by atoms with van der Waals surface area (Å²) in [7, 11) is 1.57. The zero-order valence-electron chi connectivity index (χ0n) is 12.9. The maximum atomic E-state index is 11.9. The van der Waals surface area contributed by atoms with E-state index in [-0.39, 0.29) is 5.91 Å². The molecule has 1 aromatic carbocycles. The van der Waals surface area contributed by atoms with Crippen LogP contribution in [-0.4, -0.2) is 24.6 Å². The average molecular weight is 333 g/mol. The van der Waals surface area contributed by atoms with Crippen molar-refractivity contribution in [2.24, 2.45) is 0 Å². The number of pyridine rings is 1. The molecule has 0 radical (unpaired) electrons. The van der Waals surface area contributed by atoms with Gasteiger partial charge in [-0.1, -0.05) is 17.7 Å². The van der Waals surface area contributed by atoms with Gasteiger partial charge in [-0.3, -0.25) is 4.79 Å². The van der Waals surface area contributed by atoms with Crippen molar-refractivity contribution >= 4 is 29.4 Å². The lowest BCUT2D eigenvalue weighted by molar-refractivity contribution is -0.111. The molecule has 1 aromatic heterocycles. The predicted octanol–water partition coefficient (Wildman–Crippen LogP) is 3.79. The van der Waals surface area contributed by atoms with Gasteiger partial charge in [0.25, 0.3) is 0 Å². The minimum Gasteiger partial charge on any atom is -0.493 e. The number of hydrogen-bond acceptors (Lipinski definition) is 4. The number of anilines is 1. The van der Waals surface area contributed by atoms with Gasteiger partial charge in [0.05, 0.1) is 13.7 Å². The van der Waals surface area contributed by atoms with Gasteiger partial charge in [0.2, 0.25) is 5.91 Å². The Labute approximate surface area is 139 Å². The zero-order chi connectivity index (χ0) is 16.7. The number of ether oxygens (including phenoxy) is 2. The highest BCUT2D eigenvalue weighted by atomic mass is 35.5. The zero-order valence-corrected chi connectivity index (χ0v) is 13.6. The number of carbonyl (C=O) groups excluding carboxylic acids is 1. The number of aromatic nitrogens is 1. The molecule has 0 saturated heterocycles. The number of methoxy groups -OCH3 is 1. The van der Waals surface area contributed by atoms with Crippen molar-refractivity contribution in [2.75, 3.05) is 19.0 Å². The fourth-order valence-electron chi connectivity index (χ4n) is 1.88. The van der Waals surface area contributed by atoms with Crippen LogP contribution in [0.4, 0.5) is 5.82 Å². The van der Waals surface area contributed by atoms with Gasteiger partial charge in [0.15, 0.2) is 11.5 Å². The smallest absolute Gasteiger partial charge is 0.249 e. The second-order valence-electron chi connectivity index (χ2n) is 4.53. The highest BCUT2D eigenvalue weighted by Crippen LogP contribution is 2.28. The number of nitrogens with one attached hydrogen (secondary N) is 1. The van der Waals surface area contributed by atoms with Crippen LogP contribution in [0, 0.1) is 0 Å². The molecule has 2 aromatic rings. The average Bonchev–Trinajstić information content (AvgIpc) is 2.54. The number of nitrogens with zero attached hydrogens (tertiary/aromatic N) is 1. The quantitative estimate of drug-likeness (QED) is 0.817. The molecule has 0 saturated carbocycles. The molecule has 5 nitrogen and oxygen atoms in total. The number of hydrogen-bond donors (Lipinski definition) is 1. The maximum absolute atomic E-state index is 11.9. The Morgan fingerprint density at radius 3 is 2.83 bits per heavy atom. The Hall–Kier alpha value is -2.53. The topological polar surface area (TPSA) is 60.5 Å². The number of benzene rings is 1. The first kappa shape index (κ1) is 16.8. The normalized spacial score (nSPS) is 10.6. The van der Waals surface area contributed by atoms with Crippen molar-refractivity contribution < 1.29 is 14.3 Å². The summed E-state index contributed by atoms with van der Waals surface area (Å²) in [5.41, 5.74) is 0.819. The van der Waals surface area contributed by atoms with Gasteiger partial charge >= 0.3 is 0 Å². The minimum absolute atomic E-state index is 0.299. The van der Waals surface area contributed by atoms with E-state index in [9.17, 15) is 4.79 Å². The van der Waals surface area contributed by atoms with Crippen LogP contribution in [0.1, 0.15) is 12.5 Å². The first-order valence-electron chi connectivity index (χ1n) is 7.04. The molecule has 1 N–H and O–H groups in total. The first-order valence-corrected chi connectivity index (χ1v) is 7.41. The number of halogens is 1. The van der Waals surface area contributed by atoms with Gasteiger partial charge in [-0.2, -0.15) is 0 Å². The van der Waals surface area contributed by atoms with E-state index in [1.165, 1.54) is 12.3 Å². The van der Waals surface area contributed by atoms with Crippen molar-refractivity contribution in [2.45, 2.75) is 6.92 Å². The second kappa shape index (κ2) is 8.19.